The number of sulfonamides is 1. The van der Waals surface area contributed by atoms with Gasteiger partial charge >= 0.3 is 0 Å². The van der Waals surface area contributed by atoms with E-state index in [4.69, 9.17) is 10.00 Å². The average molecular weight is 439 g/mol. The summed E-state index contributed by atoms with van der Waals surface area (Å²) in [5, 5.41) is 11.5. The van der Waals surface area contributed by atoms with E-state index in [1.165, 1.54) is 7.05 Å². The Morgan fingerprint density at radius 2 is 1.87 bits per heavy atom. The van der Waals surface area contributed by atoms with Crippen LogP contribution in [0.5, 0.6) is 5.75 Å². The minimum absolute atomic E-state index is 0.214. The van der Waals surface area contributed by atoms with Gasteiger partial charge in [-0.1, -0.05) is 18.2 Å². The van der Waals surface area contributed by atoms with Gasteiger partial charge in [-0.3, -0.25) is 4.79 Å². The highest BCUT2D eigenvalue weighted by molar-refractivity contribution is 7.89. The molecule has 0 saturated heterocycles. The number of amides is 1. The summed E-state index contributed by atoms with van der Waals surface area (Å²) in [7, 11) is -2.60. The first-order valence-corrected chi connectivity index (χ1v) is 10.6. The number of hydrogen-bond acceptors (Lipinski definition) is 5. The second-order valence-electron chi connectivity index (χ2n) is 6.43. The summed E-state index contributed by atoms with van der Waals surface area (Å²) in [6.45, 7) is 0.214. The van der Waals surface area contributed by atoms with Gasteiger partial charge in [0.25, 0.3) is 5.91 Å². The number of rotatable bonds is 7. The molecule has 2 N–H and O–H groups in total. The molecule has 1 amide bonds. The van der Waals surface area contributed by atoms with Gasteiger partial charge in [-0.25, -0.2) is 17.5 Å². The minimum atomic E-state index is -3.83. The third-order valence-electron chi connectivity index (χ3n) is 4.31. The van der Waals surface area contributed by atoms with E-state index in [9.17, 15) is 17.6 Å². The fourth-order valence-electron chi connectivity index (χ4n) is 2.72. The normalized spacial score (nSPS) is 10.9. The number of carbonyl (C=O) groups excluding carboxylic acids is 1. The van der Waals surface area contributed by atoms with Crippen LogP contribution >= 0.6 is 0 Å². The third-order valence-corrected chi connectivity index (χ3v) is 5.73. The molecule has 158 valence electrons. The Balaban J connectivity index is 1.74. The van der Waals surface area contributed by atoms with Gasteiger partial charge in [0.15, 0.2) is 0 Å². The quantitative estimate of drug-likeness (QED) is 0.586. The lowest BCUT2D eigenvalue weighted by atomic mass is 10.1. The van der Waals surface area contributed by atoms with Gasteiger partial charge in [0.1, 0.15) is 18.2 Å². The molecule has 3 aromatic rings. The lowest BCUT2D eigenvalue weighted by molar-refractivity contribution is 0.102. The van der Waals surface area contributed by atoms with E-state index < -0.39 is 27.3 Å². The molecule has 3 rings (SSSR count). The van der Waals surface area contributed by atoms with E-state index in [-0.39, 0.29) is 11.5 Å². The second-order valence-corrected chi connectivity index (χ2v) is 8.32. The van der Waals surface area contributed by atoms with E-state index in [1.54, 1.807) is 42.5 Å². The molecule has 0 aliphatic rings. The van der Waals surface area contributed by atoms with Crippen LogP contribution in [0.1, 0.15) is 21.5 Å². The zero-order chi connectivity index (χ0) is 22.4. The lowest BCUT2D eigenvalue weighted by Crippen LogP contribution is -2.20. The van der Waals surface area contributed by atoms with Crippen LogP contribution in [0.3, 0.4) is 0 Å². The summed E-state index contributed by atoms with van der Waals surface area (Å²) in [5.41, 5.74) is 1.26. The van der Waals surface area contributed by atoms with Crippen molar-refractivity contribution in [3.05, 3.63) is 89.2 Å². The Bertz CT molecular complexity index is 1270. The first-order chi connectivity index (χ1) is 14.8. The van der Waals surface area contributed by atoms with Crippen molar-refractivity contribution in [3.63, 3.8) is 0 Å². The molecule has 0 unspecified atom stereocenters. The van der Waals surface area contributed by atoms with Crippen LogP contribution in [0.15, 0.2) is 71.6 Å². The Hall–Kier alpha value is -3.74. The van der Waals surface area contributed by atoms with Crippen LogP contribution in [0.4, 0.5) is 10.1 Å². The molecule has 7 nitrogen and oxygen atoms in total. The zero-order valence-corrected chi connectivity index (χ0v) is 17.2. The van der Waals surface area contributed by atoms with Crippen LogP contribution in [0.25, 0.3) is 0 Å². The monoisotopic (exact) mass is 439 g/mol. The van der Waals surface area contributed by atoms with Crippen molar-refractivity contribution in [1.82, 2.24) is 4.72 Å². The number of benzene rings is 3. The van der Waals surface area contributed by atoms with Gasteiger partial charge in [0, 0.05) is 11.8 Å². The number of ether oxygens (including phenoxy) is 1. The second kappa shape index (κ2) is 9.38. The topological polar surface area (TPSA) is 108 Å². The average Bonchev–Trinajstić information content (AvgIpc) is 2.78. The van der Waals surface area contributed by atoms with Crippen LogP contribution < -0.4 is 14.8 Å². The highest BCUT2D eigenvalue weighted by Crippen LogP contribution is 2.21. The van der Waals surface area contributed by atoms with Crippen LogP contribution in [-0.2, 0) is 16.6 Å². The van der Waals surface area contributed by atoms with Gasteiger partial charge in [0.05, 0.1) is 22.1 Å². The largest absolute Gasteiger partial charge is 0.489 e. The molecule has 0 spiro atoms. The zero-order valence-electron chi connectivity index (χ0n) is 16.4. The van der Waals surface area contributed by atoms with Gasteiger partial charge in [0.2, 0.25) is 10.0 Å². The first kappa shape index (κ1) is 22.0. The van der Waals surface area contributed by atoms with Crippen LogP contribution in [0, 0.1) is 17.1 Å². The van der Waals surface area contributed by atoms with E-state index >= 15 is 0 Å². The SMILES string of the molecule is CNS(=O)(=O)c1ccc(F)c(C(=O)Nc2cccc(OCc3cccc(C#N)c3)c2)c1. The summed E-state index contributed by atoms with van der Waals surface area (Å²) in [4.78, 5) is 12.3. The van der Waals surface area contributed by atoms with Gasteiger partial charge in [-0.2, -0.15) is 5.26 Å². The molecule has 0 atom stereocenters. The van der Waals surface area contributed by atoms with Crippen LogP contribution in [0.2, 0.25) is 0 Å². The van der Waals surface area contributed by atoms with Crippen molar-refractivity contribution in [2.45, 2.75) is 11.5 Å². The molecular formula is C22H18FN3O4S. The molecule has 0 fully saturated rings. The maximum Gasteiger partial charge on any atom is 0.258 e. The summed E-state index contributed by atoms with van der Waals surface area (Å²) >= 11 is 0. The molecule has 3 aromatic carbocycles. The molecule has 31 heavy (non-hydrogen) atoms. The highest BCUT2D eigenvalue weighted by atomic mass is 32.2. The molecule has 9 heteroatoms. The molecule has 0 aliphatic heterocycles. The fourth-order valence-corrected chi connectivity index (χ4v) is 3.48. The van der Waals surface area contributed by atoms with Gasteiger partial charge in [-0.15, -0.1) is 0 Å². The maximum absolute atomic E-state index is 14.1. The third kappa shape index (κ3) is 5.45. The molecule has 0 heterocycles. The summed E-state index contributed by atoms with van der Waals surface area (Å²) in [5.74, 6) is -1.20. The minimum Gasteiger partial charge on any atom is -0.489 e. The number of hydrogen-bond donors (Lipinski definition) is 2. The van der Waals surface area contributed by atoms with Crippen molar-refractivity contribution in [2.75, 3.05) is 12.4 Å². The number of nitrogens with zero attached hydrogens (tertiary/aromatic N) is 1. The fraction of sp³-hybridized carbons (Fsp3) is 0.0909. The molecule has 0 aliphatic carbocycles. The summed E-state index contributed by atoms with van der Waals surface area (Å²) in [6.07, 6.45) is 0. The van der Waals surface area contributed by atoms with E-state index in [1.807, 2.05) is 6.07 Å². The van der Waals surface area contributed by atoms with E-state index in [0.29, 0.717) is 17.0 Å². The van der Waals surface area contributed by atoms with Gasteiger partial charge in [-0.05, 0) is 55.1 Å². The summed E-state index contributed by atoms with van der Waals surface area (Å²) in [6, 6.07) is 18.5. The van der Waals surface area contributed by atoms with Crippen molar-refractivity contribution >= 4 is 21.6 Å². The standard InChI is InChI=1S/C22H18FN3O4S/c1-25-31(28,29)19-8-9-21(23)20(12-19)22(27)26-17-6-3-7-18(11-17)30-14-16-5-2-4-15(10-16)13-24/h2-12,25H,14H2,1H3,(H,26,27). The molecule has 0 radical (unpaired) electrons. The predicted molar refractivity (Wildman–Crippen MR) is 113 cm³/mol. The first-order valence-electron chi connectivity index (χ1n) is 9.09. The number of nitrogens with one attached hydrogen (secondary N) is 2. The van der Waals surface area contributed by atoms with Crippen molar-refractivity contribution in [1.29, 1.82) is 5.26 Å². The predicted octanol–water partition coefficient (Wildman–Crippen LogP) is 3.44. The lowest BCUT2D eigenvalue weighted by Gasteiger charge is -2.11. The van der Waals surface area contributed by atoms with Crippen molar-refractivity contribution in [3.8, 4) is 11.8 Å². The van der Waals surface area contributed by atoms with E-state index in [0.717, 1.165) is 23.8 Å². The van der Waals surface area contributed by atoms with Crippen molar-refractivity contribution in [2.24, 2.45) is 0 Å². The van der Waals surface area contributed by atoms with Crippen LogP contribution in [-0.4, -0.2) is 21.4 Å². The molecule has 0 bridgehead atoms. The highest BCUT2D eigenvalue weighted by Gasteiger charge is 2.18. The van der Waals surface area contributed by atoms with Crippen molar-refractivity contribution < 1.29 is 22.3 Å². The van der Waals surface area contributed by atoms with Gasteiger partial charge < -0.3 is 10.1 Å². The Morgan fingerprint density at radius 1 is 1.10 bits per heavy atom. The van der Waals surface area contributed by atoms with E-state index in [2.05, 4.69) is 16.1 Å². The Kier molecular flexibility index (Phi) is 6.65. The smallest absolute Gasteiger partial charge is 0.258 e. The number of carbonyl (C=O) groups is 1. The number of nitriles is 1. The Labute approximate surface area is 179 Å². The molecule has 0 aromatic heterocycles. The maximum atomic E-state index is 14.1. The number of anilines is 1. The summed E-state index contributed by atoms with van der Waals surface area (Å²) < 4.78 is 45.8. The molecule has 0 saturated carbocycles. The number of halogens is 1. The Morgan fingerprint density at radius 3 is 2.61 bits per heavy atom. The molecular weight excluding hydrogens is 421 g/mol.